The molecule has 0 aromatic carbocycles. The first-order valence-corrected chi connectivity index (χ1v) is 7.54. The topological polar surface area (TPSA) is 63.6 Å². The van der Waals surface area contributed by atoms with E-state index in [2.05, 4.69) is 25.3 Å². The lowest BCUT2D eigenvalue weighted by Crippen LogP contribution is -2.04. The van der Waals surface area contributed by atoms with Crippen LogP contribution in [-0.2, 0) is 6.42 Å². The Bertz CT molecular complexity index is 580. The first kappa shape index (κ1) is 14.7. The summed E-state index contributed by atoms with van der Waals surface area (Å²) in [5.74, 6) is 1.68. The highest BCUT2D eigenvalue weighted by atomic mass is 32.2. The molecule has 5 nitrogen and oxygen atoms in total. The van der Waals surface area contributed by atoms with Crippen molar-refractivity contribution in [2.75, 3.05) is 11.9 Å². The van der Waals surface area contributed by atoms with E-state index < -0.39 is 0 Å². The van der Waals surface area contributed by atoms with Crippen LogP contribution in [0.3, 0.4) is 0 Å². The van der Waals surface area contributed by atoms with Gasteiger partial charge in [0.15, 0.2) is 5.16 Å². The molecule has 2 aromatic heterocycles. The van der Waals surface area contributed by atoms with Gasteiger partial charge in [-0.3, -0.25) is 0 Å². The van der Waals surface area contributed by atoms with E-state index in [1.165, 1.54) is 11.8 Å². The number of hydrogen-bond donors (Lipinski definition) is 1. The van der Waals surface area contributed by atoms with Crippen molar-refractivity contribution in [2.45, 2.75) is 44.3 Å². The van der Waals surface area contributed by atoms with E-state index in [-0.39, 0.29) is 0 Å². The number of nitrogens with one attached hydrogen (secondary N) is 1. The van der Waals surface area contributed by atoms with Crippen molar-refractivity contribution in [3.8, 4) is 0 Å². The molecule has 0 unspecified atom stereocenters. The van der Waals surface area contributed by atoms with Gasteiger partial charge in [0, 0.05) is 30.4 Å². The van der Waals surface area contributed by atoms with E-state index in [0.29, 0.717) is 0 Å². The van der Waals surface area contributed by atoms with Gasteiger partial charge in [-0.2, -0.15) is 0 Å². The summed E-state index contributed by atoms with van der Waals surface area (Å²) in [5.41, 5.74) is 1.94. The quantitative estimate of drug-likeness (QED) is 0.674. The van der Waals surface area contributed by atoms with E-state index in [4.69, 9.17) is 0 Å². The highest BCUT2D eigenvalue weighted by Crippen LogP contribution is 2.25. The number of rotatable bonds is 5. The van der Waals surface area contributed by atoms with E-state index in [0.717, 1.165) is 46.2 Å². The second kappa shape index (κ2) is 6.65. The van der Waals surface area contributed by atoms with Gasteiger partial charge in [0.1, 0.15) is 16.7 Å². The number of nitrogens with zero attached hydrogens (tertiary/aromatic N) is 4. The molecule has 0 spiro atoms. The summed E-state index contributed by atoms with van der Waals surface area (Å²) in [6.45, 7) is 8.88. The molecule has 0 aliphatic heterocycles. The maximum atomic E-state index is 4.52. The van der Waals surface area contributed by atoms with Crippen molar-refractivity contribution in [3.63, 3.8) is 0 Å². The molecule has 2 heterocycles. The van der Waals surface area contributed by atoms with Gasteiger partial charge in [0.05, 0.1) is 0 Å². The molecule has 0 bridgehead atoms. The minimum Gasteiger partial charge on any atom is -0.370 e. The van der Waals surface area contributed by atoms with Crippen molar-refractivity contribution < 1.29 is 0 Å². The Kier molecular flexibility index (Phi) is 4.89. The van der Waals surface area contributed by atoms with Gasteiger partial charge >= 0.3 is 0 Å². The summed E-state index contributed by atoms with van der Waals surface area (Å²) in [6, 6.07) is 3.90. The van der Waals surface area contributed by atoms with Crippen molar-refractivity contribution >= 4 is 17.6 Å². The Morgan fingerprint density at radius 3 is 2.30 bits per heavy atom. The van der Waals surface area contributed by atoms with Crippen molar-refractivity contribution in [3.05, 3.63) is 29.3 Å². The van der Waals surface area contributed by atoms with Crippen LogP contribution in [0.1, 0.15) is 31.1 Å². The van der Waals surface area contributed by atoms with Crippen molar-refractivity contribution in [2.24, 2.45) is 0 Å². The second-order valence-corrected chi connectivity index (χ2v) is 5.41. The number of aromatic nitrogens is 4. The zero-order valence-electron chi connectivity index (χ0n) is 12.3. The molecule has 0 saturated carbocycles. The lowest BCUT2D eigenvalue weighted by molar-refractivity contribution is 0.872. The Morgan fingerprint density at radius 2 is 1.70 bits per heavy atom. The Morgan fingerprint density at radius 1 is 1.00 bits per heavy atom. The van der Waals surface area contributed by atoms with Crippen molar-refractivity contribution in [1.29, 1.82) is 0 Å². The number of hydrogen-bond acceptors (Lipinski definition) is 6. The highest BCUT2D eigenvalue weighted by Gasteiger charge is 2.08. The van der Waals surface area contributed by atoms with Gasteiger partial charge in [-0.25, -0.2) is 19.9 Å². The minimum absolute atomic E-state index is 0.728. The Balaban J connectivity index is 2.29. The largest absolute Gasteiger partial charge is 0.370 e. The Hall–Kier alpha value is -1.69. The van der Waals surface area contributed by atoms with Crippen LogP contribution in [0.15, 0.2) is 22.3 Å². The summed E-state index contributed by atoms with van der Waals surface area (Å²) in [5, 5.41) is 4.83. The molecule has 0 atom stereocenters. The third-order valence-corrected chi connectivity index (χ3v) is 3.36. The lowest BCUT2D eigenvalue weighted by atomic mass is 10.4. The van der Waals surface area contributed by atoms with Gasteiger partial charge in [-0.1, -0.05) is 6.92 Å². The van der Waals surface area contributed by atoms with Crippen LogP contribution in [0.4, 0.5) is 5.82 Å². The summed E-state index contributed by atoms with van der Waals surface area (Å²) < 4.78 is 0. The van der Waals surface area contributed by atoms with Gasteiger partial charge in [-0.05, 0) is 38.6 Å². The van der Waals surface area contributed by atoms with E-state index >= 15 is 0 Å². The Labute approximate surface area is 123 Å². The first-order valence-electron chi connectivity index (χ1n) is 6.72. The molecule has 0 saturated heterocycles. The van der Waals surface area contributed by atoms with Crippen LogP contribution < -0.4 is 5.32 Å². The third-order valence-electron chi connectivity index (χ3n) is 2.58. The molecule has 0 fully saturated rings. The average molecular weight is 289 g/mol. The van der Waals surface area contributed by atoms with Gasteiger partial charge in [-0.15, -0.1) is 0 Å². The van der Waals surface area contributed by atoms with Gasteiger partial charge < -0.3 is 5.32 Å². The van der Waals surface area contributed by atoms with Gasteiger partial charge in [0.25, 0.3) is 0 Å². The predicted octanol–water partition coefficient (Wildman–Crippen LogP) is 3.03. The molecule has 0 aliphatic rings. The summed E-state index contributed by atoms with van der Waals surface area (Å²) in [4.78, 5) is 17.8. The van der Waals surface area contributed by atoms with E-state index in [9.17, 15) is 0 Å². The lowest BCUT2D eigenvalue weighted by Gasteiger charge is -2.07. The average Bonchev–Trinajstić information content (AvgIpc) is 2.37. The normalized spacial score (nSPS) is 10.6. The van der Waals surface area contributed by atoms with Crippen LogP contribution in [-0.4, -0.2) is 26.5 Å². The number of anilines is 1. The van der Waals surface area contributed by atoms with E-state index in [1.54, 1.807) is 0 Å². The smallest absolute Gasteiger partial charge is 0.194 e. The summed E-state index contributed by atoms with van der Waals surface area (Å²) in [7, 11) is 0. The maximum Gasteiger partial charge on any atom is 0.194 e. The standard InChI is InChI=1S/C14H19N5S/c1-5-11-18-12(15-6-2)8-13(19-11)20-14-16-9(3)7-10(4)17-14/h7-8H,5-6H2,1-4H3,(H,15,18,19). The van der Waals surface area contributed by atoms with Crippen LogP contribution in [0, 0.1) is 13.8 Å². The molecule has 2 rings (SSSR count). The molecular weight excluding hydrogens is 270 g/mol. The third kappa shape index (κ3) is 3.90. The summed E-state index contributed by atoms with van der Waals surface area (Å²) >= 11 is 1.47. The monoisotopic (exact) mass is 289 g/mol. The molecule has 0 radical (unpaired) electrons. The molecule has 0 amide bonds. The zero-order valence-corrected chi connectivity index (χ0v) is 13.1. The summed E-state index contributed by atoms with van der Waals surface area (Å²) in [6.07, 6.45) is 0.806. The SMILES string of the molecule is CCNc1cc(Sc2nc(C)cc(C)n2)nc(CC)n1. The zero-order chi connectivity index (χ0) is 14.5. The second-order valence-electron chi connectivity index (χ2n) is 4.43. The molecule has 20 heavy (non-hydrogen) atoms. The number of aryl methyl sites for hydroxylation is 3. The molecule has 106 valence electrons. The maximum absolute atomic E-state index is 4.52. The molecular formula is C14H19N5S. The first-order chi connectivity index (χ1) is 9.60. The van der Waals surface area contributed by atoms with Crippen LogP contribution >= 0.6 is 11.8 Å². The van der Waals surface area contributed by atoms with E-state index in [1.807, 2.05) is 39.8 Å². The fraction of sp³-hybridized carbons (Fsp3) is 0.429. The van der Waals surface area contributed by atoms with Crippen LogP contribution in [0.2, 0.25) is 0 Å². The molecule has 0 aliphatic carbocycles. The molecule has 1 N–H and O–H groups in total. The fourth-order valence-corrected chi connectivity index (χ4v) is 2.68. The highest BCUT2D eigenvalue weighted by molar-refractivity contribution is 7.99. The fourth-order valence-electron chi connectivity index (χ4n) is 1.79. The van der Waals surface area contributed by atoms with Gasteiger partial charge in [0.2, 0.25) is 0 Å². The predicted molar refractivity (Wildman–Crippen MR) is 81.2 cm³/mol. The van der Waals surface area contributed by atoms with Crippen LogP contribution in [0.5, 0.6) is 0 Å². The minimum atomic E-state index is 0.728. The van der Waals surface area contributed by atoms with Crippen LogP contribution in [0.25, 0.3) is 0 Å². The molecule has 6 heteroatoms. The molecule has 2 aromatic rings. The van der Waals surface area contributed by atoms with Crippen molar-refractivity contribution in [1.82, 2.24) is 19.9 Å².